The molecule has 0 spiro atoms. The van der Waals surface area contributed by atoms with Gasteiger partial charge in [-0.1, -0.05) is 49.1 Å². The number of nitrogens with one attached hydrogen (secondary N) is 1. The van der Waals surface area contributed by atoms with Crippen LogP contribution in [0.2, 0.25) is 0 Å². The number of nitrogens with two attached hydrogens (primary N) is 1. The molecular formula is C26H29N5O3. The van der Waals surface area contributed by atoms with Crippen molar-refractivity contribution in [3.05, 3.63) is 70.9 Å². The fourth-order valence-corrected chi connectivity index (χ4v) is 4.33. The second-order valence-corrected chi connectivity index (χ2v) is 8.72. The first kappa shape index (κ1) is 23.2. The van der Waals surface area contributed by atoms with E-state index in [0.717, 1.165) is 35.1 Å². The number of carbonyl (C=O) groups is 3. The van der Waals surface area contributed by atoms with Crippen LogP contribution in [0.5, 0.6) is 0 Å². The molecule has 8 heteroatoms. The summed E-state index contributed by atoms with van der Waals surface area (Å²) in [5.41, 5.74) is 10.3. The van der Waals surface area contributed by atoms with Gasteiger partial charge in [0.1, 0.15) is 6.54 Å². The van der Waals surface area contributed by atoms with E-state index in [1.807, 2.05) is 44.2 Å². The lowest BCUT2D eigenvalue weighted by molar-refractivity contribution is -0.137. The van der Waals surface area contributed by atoms with E-state index in [4.69, 9.17) is 5.73 Å². The quantitative estimate of drug-likeness (QED) is 0.513. The van der Waals surface area contributed by atoms with Crippen LogP contribution < -0.4 is 11.1 Å². The minimum absolute atomic E-state index is 0.0282. The first-order chi connectivity index (χ1) is 16.3. The highest BCUT2D eigenvalue weighted by molar-refractivity contribution is 6.05. The Morgan fingerprint density at radius 2 is 1.88 bits per heavy atom. The van der Waals surface area contributed by atoms with Gasteiger partial charge in [0.05, 0.1) is 12.1 Å². The number of benzene rings is 2. The molecule has 3 N–H and O–H groups in total. The van der Waals surface area contributed by atoms with Gasteiger partial charge in [-0.25, -0.2) is 0 Å². The van der Waals surface area contributed by atoms with Crippen LogP contribution in [0, 0.1) is 13.8 Å². The zero-order chi connectivity index (χ0) is 24.4. The molecule has 1 aromatic heterocycles. The molecule has 0 radical (unpaired) electrons. The van der Waals surface area contributed by atoms with Crippen LogP contribution in [-0.4, -0.2) is 45.0 Å². The van der Waals surface area contributed by atoms with Crippen LogP contribution in [-0.2, 0) is 22.7 Å². The summed E-state index contributed by atoms with van der Waals surface area (Å²) >= 11 is 0. The molecule has 2 aromatic carbocycles. The smallest absolute Gasteiger partial charge is 0.269 e. The summed E-state index contributed by atoms with van der Waals surface area (Å²) in [5.74, 6) is -1.09. The van der Waals surface area contributed by atoms with E-state index >= 15 is 0 Å². The monoisotopic (exact) mass is 459 g/mol. The number of rotatable bonds is 9. The normalized spacial score (nSPS) is 13.0. The van der Waals surface area contributed by atoms with E-state index in [1.54, 1.807) is 17.0 Å². The second kappa shape index (κ2) is 9.51. The van der Waals surface area contributed by atoms with Gasteiger partial charge in [-0.2, -0.15) is 5.10 Å². The van der Waals surface area contributed by atoms with Gasteiger partial charge in [0.25, 0.3) is 5.91 Å². The van der Waals surface area contributed by atoms with Crippen molar-refractivity contribution in [2.45, 2.75) is 45.8 Å². The van der Waals surface area contributed by atoms with Gasteiger partial charge in [-0.15, -0.1) is 0 Å². The summed E-state index contributed by atoms with van der Waals surface area (Å²) in [6.07, 6.45) is 3.51. The Hall–Kier alpha value is -3.94. The Labute approximate surface area is 198 Å². The lowest BCUT2D eigenvalue weighted by atomic mass is 10.0. The minimum Gasteiger partial charge on any atom is -0.364 e. The van der Waals surface area contributed by atoms with Crippen LogP contribution in [0.1, 0.15) is 45.6 Å². The third-order valence-corrected chi connectivity index (χ3v) is 6.21. The van der Waals surface area contributed by atoms with Crippen LogP contribution in [0.25, 0.3) is 17.0 Å². The van der Waals surface area contributed by atoms with Crippen molar-refractivity contribution < 1.29 is 14.4 Å². The van der Waals surface area contributed by atoms with Crippen molar-refractivity contribution in [3.63, 3.8) is 0 Å². The highest BCUT2D eigenvalue weighted by atomic mass is 16.2. The van der Waals surface area contributed by atoms with Gasteiger partial charge in [-0.3, -0.25) is 19.1 Å². The highest BCUT2D eigenvalue weighted by Crippen LogP contribution is 2.28. The Kier molecular flexibility index (Phi) is 6.49. The third kappa shape index (κ3) is 4.71. The van der Waals surface area contributed by atoms with Crippen molar-refractivity contribution in [3.8, 4) is 0 Å². The number of hydrogen-bond acceptors (Lipinski definition) is 4. The number of aromatic nitrogens is 2. The topological polar surface area (TPSA) is 110 Å². The number of nitrogens with zero attached hydrogens (tertiary/aromatic N) is 3. The lowest BCUT2D eigenvalue weighted by Crippen LogP contribution is -2.43. The zero-order valence-electron chi connectivity index (χ0n) is 19.5. The van der Waals surface area contributed by atoms with Crippen LogP contribution in [0.3, 0.4) is 0 Å². The zero-order valence-corrected chi connectivity index (χ0v) is 19.5. The molecule has 1 saturated carbocycles. The molecule has 8 nitrogen and oxygen atoms in total. The molecule has 1 aliphatic carbocycles. The average molecular weight is 460 g/mol. The molecule has 0 unspecified atom stereocenters. The SMILES string of the molecule is C=Cc1c(C)cccc1CNC(=O)CN(C(=O)Cn1nc(C(N)=O)c2cccc(C)c21)C1CC1. The summed E-state index contributed by atoms with van der Waals surface area (Å²) in [6.45, 7) is 8.01. The minimum atomic E-state index is -0.643. The highest BCUT2D eigenvalue weighted by Gasteiger charge is 2.34. The third-order valence-electron chi connectivity index (χ3n) is 6.21. The first-order valence-corrected chi connectivity index (χ1v) is 11.3. The molecule has 4 rings (SSSR count). The summed E-state index contributed by atoms with van der Waals surface area (Å²) < 4.78 is 1.52. The predicted molar refractivity (Wildman–Crippen MR) is 131 cm³/mol. The molecule has 0 bridgehead atoms. The lowest BCUT2D eigenvalue weighted by Gasteiger charge is -2.22. The van der Waals surface area contributed by atoms with E-state index in [9.17, 15) is 14.4 Å². The van der Waals surface area contributed by atoms with E-state index < -0.39 is 5.91 Å². The predicted octanol–water partition coefficient (Wildman–Crippen LogP) is 2.70. The number of primary amides is 1. The molecule has 176 valence electrons. The maximum absolute atomic E-state index is 13.2. The Balaban J connectivity index is 1.48. The molecule has 1 heterocycles. The number of para-hydroxylation sites is 1. The summed E-state index contributed by atoms with van der Waals surface area (Å²) in [5, 5.41) is 7.86. The van der Waals surface area contributed by atoms with Gasteiger partial charge in [0.2, 0.25) is 11.8 Å². The number of aryl methyl sites for hydroxylation is 2. The summed E-state index contributed by atoms with van der Waals surface area (Å²) in [7, 11) is 0. The Morgan fingerprint density at radius 3 is 2.56 bits per heavy atom. The Bertz CT molecular complexity index is 1290. The van der Waals surface area contributed by atoms with Crippen LogP contribution in [0.4, 0.5) is 0 Å². The van der Waals surface area contributed by atoms with Gasteiger partial charge in [0, 0.05) is 18.0 Å². The largest absolute Gasteiger partial charge is 0.364 e. The van der Waals surface area contributed by atoms with E-state index in [0.29, 0.717) is 17.4 Å². The molecule has 1 fully saturated rings. The number of carbonyl (C=O) groups excluding carboxylic acids is 3. The molecule has 0 saturated heterocycles. The standard InChI is InChI=1S/C26H29N5O3/c1-4-20-16(2)7-5-9-18(20)13-28-22(32)14-30(19-11-12-19)23(33)15-31-25-17(3)8-6-10-21(25)24(29-31)26(27)34/h4-10,19H,1,11-15H2,2-3H3,(H2,27,34)(H,28,32). The first-order valence-electron chi connectivity index (χ1n) is 11.3. The van der Waals surface area contributed by atoms with E-state index in [-0.39, 0.29) is 36.6 Å². The van der Waals surface area contributed by atoms with Crippen molar-refractivity contribution in [2.75, 3.05) is 6.54 Å². The molecule has 0 atom stereocenters. The fourth-order valence-electron chi connectivity index (χ4n) is 4.33. The summed E-state index contributed by atoms with van der Waals surface area (Å²) in [6, 6.07) is 11.4. The molecule has 3 amide bonds. The van der Waals surface area contributed by atoms with E-state index in [2.05, 4.69) is 17.0 Å². The maximum Gasteiger partial charge on any atom is 0.269 e. The van der Waals surface area contributed by atoms with Gasteiger partial charge < -0.3 is 16.0 Å². The molecular weight excluding hydrogens is 430 g/mol. The van der Waals surface area contributed by atoms with Crippen LogP contribution >= 0.6 is 0 Å². The Morgan fingerprint density at radius 1 is 1.18 bits per heavy atom. The van der Waals surface area contributed by atoms with Gasteiger partial charge in [-0.05, 0) is 48.9 Å². The number of fused-ring (bicyclic) bond motifs is 1. The van der Waals surface area contributed by atoms with Gasteiger partial charge in [0.15, 0.2) is 5.69 Å². The van der Waals surface area contributed by atoms with Crippen molar-refractivity contribution in [1.29, 1.82) is 0 Å². The fraction of sp³-hybridized carbons (Fsp3) is 0.308. The van der Waals surface area contributed by atoms with Crippen LogP contribution in [0.15, 0.2) is 43.0 Å². The summed E-state index contributed by atoms with van der Waals surface area (Å²) in [4.78, 5) is 39.5. The molecule has 34 heavy (non-hydrogen) atoms. The maximum atomic E-state index is 13.2. The van der Waals surface area contributed by atoms with E-state index in [1.165, 1.54) is 4.68 Å². The van der Waals surface area contributed by atoms with Crippen molar-refractivity contribution >= 4 is 34.7 Å². The molecule has 3 aromatic rings. The van der Waals surface area contributed by atoms with Gasteiger partial charge >= 0.3 is 0 Å². The van der Waals surface area contributed by atoms with Crippen molar-refractivity contribution in [1.82, 2.24) is 20.0 Å². The number of amides is 3. The second-order valence-electron chi connectivity index (χ2n) is 8.72. The number of hydrogen-bond donors (Lipinski definition) is 2. The average Bonchev–Trinajstić information content (AvgIpc) is 3.57. The molecule has 0 aliphatic heterocycles. The van der Waals surface area contributed by atoms with Crippen molar-refractivity contribution in [2.24, 2.45) is 5.73 Å². The molecule has 1 aliphatic rings.